The van der Waals surface area contributed by atoms with Crippen LogP contribution in [0.4, 0.5) is 21.9 Å². The van der Waals surface area contributed by atoms with E-state index in [0.29, 0.717) is 16.4 Å². The molecule has 0 aliphatic heterocycles. The molecule has 2 amide bonds. The van der Waals surface area contributed by atoms with Crippen LogP contribution in [0.2, 0.25) is 5.02 Å². The zero-order valence-electron chi connectivity index (χ0n) is 10.5. The SMILES string of the molecule is O=C(Nc1ccc([N+](=O)[O-])cc1)Nc1cc(Br)ccc1Cl. The molecule has 21 heavy (non-hydrogen) atoms. The first kappa shape index (κ1) is 15.3. The van der Waals surface area contributed by atoms with Gasteiger partial charge in [0.15, 0.2) is 0 Å². The molecule has 0 aliphatic rings. The second-order valence-corrected chi connectivity index (χ2v) is 5.33. The Bertz CT molecular complexity index is 692. The molecule has 8 heteroatoms. The number of nitro groups is 1. The number of halogens is 2. The van der Waals surface area contributed by atoms with E-state index >= 15 is 0 Å². The molecule has 2 rings (SSSR count). The molecule has 0 aromatic heterocycles. The Labute approximate surface area is 133 Å². The first-order chi connectivity index (χ1) is 9.95. The zero-order chi connectivity index (χ0) is 15.4. The summed E-state index contributed by atoms with van der Waals surface area (Å²) in [5.41, 5.74) is 0.839. The molecule has 2 N–H and O–H groups in total. The highest BCUT2D eigenvalue weighted by molar-refractivity contribution is 9.10. The number of nitro benzene ring substituents is 1. The molecule has 6 nitrogen and oxygen atoms in total. The Hall–Kier alpha value is -2.12. The molecule has 2 aromatic rings. The number of nitrogens with one attached hydrogen (secondary N) is 2. The lowest BCUT2D eigenvalue weighted by Crippen LogP contribution is -2.19. The van der Waals surface area contributed by atoms with Gasteiger partial charge in [-0.15, -0.1) is 0 Å². The highest BCUT2D eigenvalue weighted by Gasteiger charge is 2.08. The minimum atomic E-state index is -0.509. The van der Waals surface area contributed by atoms with Gasteiger partial charge in [-0.25, -0.2) is 4.79 Å². The van der Waals surface area contributed by atoms with Gasteiger partial charge in [0.05, 0.1) is 15.6 Å². The summed E-state index contributed by atoms with van der Waals surface area (Å²) in [6.07, 6.45) is 0. The van der Waals surface area contributed by atoms with Crippen molar-refractivity contribution in [1.29, 1.82) is 0 Å². The highest BCUT2D eigenvalue weighted by Crippen LogP contribution is 2.26. The molecule has 0 saturated heterocycles. The summed E-state index contributed by atoms with van der Waals surface area (Å²) in [5.74, 6) is 0. The van der Waals surface area contributed by atoms with E-state index in [2.05, 4.69) is 26.6 Å². The summed E-state index contributed by atoms with van der Waals surface area (Å²) in [6, 6.07) is 10.1. The molecule has 2 aromatic carbocycles. The van der Waals surface area contributed by atoms with Gasteiger partial charge in [-0.05, 0) is 30.3 Å². The van der Waals surface area contributed by atoms with E-state index in [1.165, 1.54) is 24.3 Å². The van der Waals surface area contributed by atoms with Crippen molar-refractivity contribution in [1.82, 2.24) is 0 Å². The van der Waals surface area contributed by atoms with E-state index in [9.17, 15) is 14.9 Å². The largest absolute Gasteiger partial charge is 0.323 e. The van der Waals surface area contributed by atoms with Crippen LogP contribution < -0.4 is 10.6 Å². The standard InChI is InChI=1S/C13H9BrClN3O3/c14-8-1-6-11(15)12(7-8)17-13(19)16-9-2-4-10(5-3-9)18(20)21/h1-7H,(H2,16,17,19). The Kier molecular flexibility index (Phi) is 4.77. The minimum absolute atomic E-state index is 0.0454. The molecule has 0 bridgehead atoms. The lowest BCUT2D eigenvalue weighted by atomic mass is 10.3. The number of carbonyl (C=O) groups excluding carboxylic acids is 1. The quantitative estimate of drug-likeness (QED) is 0.609. The molecule has 0 saturated carbocycles. The average molecular weight is 371 g/mol. The number of nitrogens with zero attached hydrogens (tertiary/aromatic N) is 1. The number of hydrogen-bond donors (Lipinski definition) is 2. The normalized spacial score (nSPS) is 10.0. The second-order valence-electron chi connectivity index (χ2n) is 4.01. The molecule has 0 fully saturated rings. The summed E-state index contributed by atoms with van der Waals surface area (Å²) in [4.78, 5) is 21.9. The molecule has 0 spiro atoms. The Morgan fingerprint density at radius 2 is 1.81 bits per heavy atom. The van der Waals surface area contributed by atoms with Gasteiger partial charge in [-0.1, -0.05) is 27.5 Å². The minimum Gasteiger partial charge on any atom is -0.308 e. The second kappa shape index (κ2) is 6.55. The number of hydrogen-bond acceptors (Lipinski definition) is 3. The number of rotatable bonds is 3. The Morgan fingerprint density at radius 1 is 1.14 bits per heavy atom. The molecule has 0 atom stereocenters. The van der Waals surface area contributed by atoms with Crippen molar-refractivity contribution in [2.75, 3.05) is 10.6 Å². The summed E-state index contributed by atoms with van der Waals surface area (Å²) >= 11 is 9.24. The molecular formula is C13H9BrClN3O3. The smallest absolute Gasteiger partial charge is 0.308 e. The van der Waals surface area contributed by atoms with Gasteiger partial charge in [-0.2, -0.15) is 0 Å². The van der Waals surface area contributed by atoms with Crippen molar-refractivity contribution in [3.05, 3.63) is 62.1 Å². The monoisotopic (exact) mass is 369 g/mol. The summed E-state index contributed by atoms with van der Waals surface area (Å²) in [5, 5.41) is 16.1. The maximum absolute atomic E-state index is 11.8. The van der Waals surface area contributed by atoms with Crippen LogP contribution in [0.25, 0.3) is 0 Å². The van der Waals surface area contributed by atoms with E-state index in [0.717, 1.165) is 4.47 Å². The first-order valence-corrected chi connectivity index (χ1v) is 6.90. The van der Waals surface area contributed by atoms with E-state index in [1.54, 1.807) is 18.2 Å². The van der Waals surface area contributed by atoms with Crippen molar-refractivity contribution >= 4 is 50.6 Å². The number of carbonyl (C=O) groups is 1. The molecule has 0 radical (unpaired) electrons. The van der Waals surface area contributed by atoms with Crippen LogP contribution in [0, 0.1) is 10.1 Å². The van der Waals surface area contributed by atoms with Gasteiger partial charge in [0.2, 0.25) is 0 Å². The van der Waals surface area contributed by atoms with Crippen LogP contribution >= 0.6 is 27.5 Å². The van der Waals surface area contributed by atoms with Gasteiger partial charge in [0.25, 0.3) is 5.69 Å². The van der Waals surface area contributed by atoms with Crippen molar-refractivity contribution in [2.24, 2.45) is 0 Å². The lowest BCUT2D eigenvalue weighted by Gasteiger charge is -2.09. The maximum atomic E-state index is 11.8. The predicted octanol–water partition coefficient (Wildman–Crippen LogP) is 4.65. The fourth-order valence-electron chi connectivity index (χ4n) is 1.54. The highest BCUT2D eigenvalue weighted by atomic mass is 79.9. The van der Waals surface area contributed by atoms with Crippen LogP contribution in [0.5, 0.6) is 0 Å². The van der Waals surface area contributed by atoms with Crippen LogP contribution in [0.15, 0.2) is 46.9 Å². The molecule has 108 valence electrons. The number of benzene rings is 2. The molecule has 0 aliphatic carbocycles. The van der Waals surface area contributed by atoms with Crippen LogP contribution in [-0.2, 0) is 0 Å². The number of urea groups is 1. The van der Waals surface area contributed by atoms with Crippen molar-refractivity contribution in [3.8, 4) is 0 Å². The van der Waals surface area contributed by atoms with Crippen molar-refractivity contribution in [2.45, 2.75) is 0 Å². The van der Waals surface area contributed by atoms with Crippen LogP contribution in [-0.4, -0.2) is 11.0 Å². The van der Waals surface area contributed by atoms with Crippen LogP contribution in [0.3, 0.4) is 0 Å². The third-order valence-electron chi connectivity index (χ3n) is 2.51. The number of anilines is 2. The topological polar surface area (TPSA) is 84.3 Å². The number of amides is 2. The Morgan fingerprint density at radius 3 is 2.43 bits per heavy atom. The zero-order valence-corrected chi connectivity index (χ0v) is 12.8. The van der Waals surface area contributed by atoms with Gasteiger partial charge >= 0.3 is 6.03 Å². The summed E-state index contributed by atoms with van der Waals surface area (Å²) < 4.78 is 0.775. The van der Waals surface area contributed by atoms with Crippen molar-refractivity contribution in [3.63, 3.8) is 0 Å². The number of non-ortho nitro benzene ring substituents is 1. The molecule has 0 heterocycles. The van der Waals surface area contributed by atoms with Gasteiger partial charge in [0, 0.05) is 22.3 Å². The molecule has 0 unspecified atom stereocenters. The fraction of sp³-hybridized carbons (Fsp3) is 0. The van der Waals surface area contributed by atoms with Crippen LogP contribution in [0.1, 0.15) is 0 Å². The molecular weight excluding hydrogens is 362 g/mol. The fourth-order valence-corrected chi connectivity index (χ4v) is 2.07. The van der Waals surface area contributed by atoms with E-state index < -0.39 is 11.0 Å². The average Bonchev–Trinajstić information content (AvgIpc) is 2.43. The third-order valence-corrected chi connectivity index (χ3v) is 3.34. The van der Waals surface area contributed by atoms with Gasteiger partial charge < -0.3 is 10.6 Å². The van der Waals surface area contributed by atoms with Gasteiger partial charge in [-0.3, -0.25) is 10.1 Å². The van der Waals surface area contributed by atoms with Gasteiger partial charge in [0.1, 0.15) is 0 Å². The van der Waals surface area contributed by atoms with E-state index in [1.807, 2.05) is 0 Å². The van der Waals surface area contributed by atoms with Crippen molar-refractivity contribution < 1.29 is 9.72 Å². The van der Waals surface area contributed by atoms with E-state index in [4.69, 9.17) is 11.6 Å². The Balaban J connectivity index is 2.04. The lowest BCUT2D eigenvalue weighted by molar-refractivity contribution is -0.384. The maximum Gasteiger partial charge on any atom is 0.323 e. The summed E-state index contributed by atoms with van der Waals surface area (Å²) in [6.45, 7) is 0. The predicted molar refractivity (Wildman–Crippen MR) is 84.9 cm³/mol. The first-order valence-electron chi connectivity index (χ1n) is 5.73. The summed E-state index contributed by atoms with van der Waals surface area (Å²) in [7, 11) is 0. The van der Waals surface area contributed by atoms with E-state index in [-0.39, 0.29) is 5.69 Å². The third kappa shape index (κ3) is 4.17.